The topological polar surface area (TPSA) is 90.7 Å². The third kappa shape index (κ3) is 3.05. The van der Waals surface area contributed by atoms with Gasteiger partial charge in [-0.2, -0.15) is 15.0 Å². The van der Waals surface area contributed by atoms with Crippen LogP contribution in [0.3, 0.4) is 0 Å². The van der Waals surface area contributed by atoms with Gasteiger partial charge in [-0.05, 0) is 5.92 Å². The van der Waals surface area contributed by atoms with Crippen molar-refractivity contribution in [3.05, 3.63) is 5.82 Å². The van der Waals surface area contributed by atoms with Crippen molar-refractivity contribution in [2.45, 2.75) is 44.9 Å². The summed E-state index contributed by atoms with van der Waals surface area (Å²) in [5.41, 5.74) is 11.1. The molecular formula is C11H19N5. The maximum absolute atomic E-state index is 5.55. The van der Waals surface area contributed by atoms with Gasteiger partial charge >= 0.3 is 0 Å². The number of anilines is 2. The molecule has 1 aliphatic carbocycles. The molecule has 0 radical (unpaired) electrons. The van der Waals surface area contributed by atoms with E-state index in [1.807, 2.05) is 0 Å². The van der Waals surface area contributed by atoms with Gasteiger partial charge in [0, 0.05) is 6.42 Å². The van der Waals surface area contributed by atoms with Crippen molar-refractivity contribution < 1.29 is 0 Å². The van der Waals surface area contributed by atoms with E-state index in [2.05, 4.69) is 15.0 Å². The van der Waals surface area contributed by atoms with Crippen LogP contribution in [0, 0.1) is 5.92 Å². The monoisotopic (exact) mass is 221 g/mol. The Bertz CT molecular complexity index is 324. The summed E-state index contributed by atoms with van der Waals surface area (Å²) >= 11 is 0. The largest absolute Gasteiger partial charge is 0.368 e. The molecule has 5 heteroatoms. The number of rotatable bonds is 2. The Morgan fingerprint density at radius 3 is 2.00 bits per heavy atom. The molecule has 0 amide bonds. The summed E-state index contributed by atoms with van der Waals surface area (Å²) in [6.45, 7) is 0. The molecule has 0 saturated heterocycles. The van der Waals surface area contributed by atoms with Gasteiger partial charge < -0.3 is 11.5 Å². The average Bonchev–Trinajstić information content (AvgIpc) is 2.44. The van der Waals surface area contributed by atoms with E-state index in [1.54, 1.807) is 0 Å². The van der Waals surface area contributed by atoms with Crippen LogP contribution in [0.2, 0.25) is 0 Å². The van der Waals surface area contributed by atoms with Crippen LogP contribution in [-0.4, -0.2) is 15.0 Å². The van der Waals surface area contributed by atoms with Gasteiger partial charge in [0.25, 0.3) is 0 Å². The van der Waals surface area contributed by atoms with Gasteiger partial charge in [-0.25, -0.2) is 0 Å². The van der Waals surface area contributed by atoms with Crippen LogP contribution in [0.4, 0.5) is 11.9 Å². The van der Waals surface area contributed by atoms with Gasteiger partial charge in [-0.1, -0.05) is 38.5 Å². The van der Waals surface area contributed by atoms with Gasteiger partial charge in [-0.3, -0.25) is 0 Å². The lowest BCUT2D eigenvalue weighted by Gasteiger charge is -2.12. The Morgan fingerprint density at radius 2 is 1.44 bits per heavy atom. The highest BCUT2D eigenvalue weighted by Gasteiger charge is 2.14. The molecule has 4 N–H and O–H groups in total. The second-order valence-corrected chi connectivity index (χ2v) is 4.53. The number of aromatic nitrogens is 3. The number of hydrogen-bond donors (Lipinski definition) is 2. The fourth-order valence-electron chi connectivity index (χ4n) is 2.37. The molecule has 1 aromatic rings. The van der Waals surface area contributed by atoms with Crippen LogP contribution >= 0.6 is 0 Å². The third-order valence-electron chi connectivity index (χ3n) is 3.16. The first-order chi connectivity index (χ1) is 7.74. The molecule has 2 rings (SSSR count). The van der Waals surface area contributed by atoms with Crippen LogP contribution in [0.5, 0.6) is 0 Å². The Kier molecular flexibility index (Phi) is 3.54. The SMILES string of the molecule is Nc1nc(N)nc(CC2CCCCCC2)n1. The van der Waals surface area contributed by atoms with E-state index >= 15 is 0 Å². The summed E-state index contributed by atoms with van der Waals surface area (Å²) in [5.74, 6) is 1.90. The van der Waals surface area contributed by atoms with Gasteiger partial charge in [0.15, 0.2) is 0 Å². The molecule has 1 aromatic heterocycles. The zero-order chi connectivity index (χ0) is 11.4. The van der Waals surface area contributed by atoms with Crippen molar-refractivity contribution in [3.63, 3.8) is 0 Å². The number of nitrogen functional groups attached to an aromatic ring is 2. The first-order valence-electron chi connectivity index (χ1n) is 6.00. The normalized spacial score (nSPS) is 18.2. The summed E-state index contributed by atoms with van der Waals surface area (Å²) in [6.07, 6.45) is 8.78. The first-order valence-corrected chi connectivity index (χ1v) is 6.00. The van der Waals surface area contributed by atoms with E-state index in [4.69, 9.17) is 11.5 Å². The van der Waals surface area contributed by atoms with Crippen LogP contribution in [0.1, 0.15) is 44.3 Å². The molecule has 16 heavy (non-hydrogen) atoms. The summed E-state index contributed by atoms with van der Waals surface area (Å²) in [6, 6.07) is 0. The Morgan fingerprint density at radius 1 is 0.875 bits per heavy atom. The van der Waals surface area contributed by atoms with Crippen molar-refractivity contribution in [1.29, 1.82) is 0 Å². The van der Waals surface area contributed by atoms with E-state index in [0.717, 1.165) is 12.2 Å². The highest BCUT2D eigenvalue weighted by molar-refractivity contribution is 5.25. The Labute approximate surface area is 95.7 Å². The van der Waals surface area contributed by atoms with Gasteiger partial charge in [0.05, 0.1) is 0 Å². The predicted octanol–water partition coefficient (Wildman–Crippen LogP) is 1.55. The molecule has 0 aromatic carbocycles. The molecular weight excluding hydrogens is 202 g/mol. The van der Waals surface area contributed by atoms with Crippen LogP contribution in [0.15, 0.2) is 0 Å². The zero-order valence-electron chi connectivity index (χ0n) is 9.52. The third-order valence-corrected chi connectivity index (χ3v) is 3.16. The van der Waals surface area contributed by atoms with E-state index in [1.165, 1.54) is 38.5 Å². The van der Waals surface area contributed by atoms with Crippen molar-refractivity contribution in [2.75, 3.05) is 11.5 Å². The Balaban J connectivity index is 2.01. The molecule has 0 unspecified atom stereocenters. The van der Waals surface area contributed by atoms with Crippen molar-refractivity contribution in [1.82, 2.24) is 15.0 Å². The molecule has 1 aliphatic rings. The minimum Gasteiger partial charge on any atom is -0.368 e. The maximum Gasteiger partial charge on any atom is 0.225 e. The molecule has 0 spiro atoms. The van der Waals surface area contributed by atoms with Gasteiger partial charge in [0.1, 0.15) is 5.82 Å². The molecule has 1 heterocycles. The maximum atomic E-state index is 5.55. The van der Waals surface area contributed by atoms with Gasteiger partial charge in [0.2, 0.25) is 11.9 Å². The quantitative estimate of drug-likeness (QED) is 0.739. The lowest BCUT2D eigenvalue weighted by molar-refractivity contribution is 0.448. The molecule has 5 nitrogen and oxygen atoms in total. The average molecular weight is 221 g/mol. The number of hydrogen-bond acceptors (Lipinski definition) is 5. The minimum absolute atomic E-state index is 0.233. The molecule has 1 fully saturated rings. The first kappa shape index (κ1) is 11.1. The Hall–Kier alpha value is -1.39. The standard InChI is InChI=1S/C11H19N5/c12-10-14-9(15-11(13)16-10)7-8-5-3-1-2-4-6-8/h8H,1-7H2,(H4,12,13,14,15,16). The summed E-state index contributed by atoms with van der Waals surface area (Å²) in [5, 5.41) is 0. The van der Waals surface area contributed by atoms with Gasteiger partial charge in [-0.15, -0.1) is 0 Å². The van der Waals surface area contributed by atoms with Crippen LogP contribution in [0.25, 0.3) is 0 Å². The number of nitrogens with zero attached hydrogens (tertiary/aromatic N) is 3. The van der Waals surface area contributed by atoms with Crippen molar-refractivity contribution >= 4 is 11.9 Å². The van der Waals surface area contributed by atoms with Crippen molar-refractivity contribution in [3.8, 4) is 0 Å². The molecule has 88 valence electrons. The number of nitrogens with two attached hydrogens (primary N) is 2. The second kappa shape index (κ2) is 5.09. The molecule has 0 atom stereocenters. The highest BCUT2D eigenvalue weighted by atomic mass is 15.1. The minimum atomic E-state index is 0.233. The fraction of sp³-hybridized carbons (Fsp3) is 0.727. The molecule has 0 aliphatic heterocycles. The highest BCUT2D eigenvalue weighted by Crippen LogP contribution is 2.25. The summed E-state index contributed by atoms with van der Waals surface area (Å²) in [7, 11) is 0. The van der Waals surface area contributed by atoms with E-state index in [9.17, 15) is 0 Å². The van der Waals surface area contributed by atoms with Crippen molar-refractivity contribution in [2.24, 2.45) is 5.92 Å². The predicted molar refractivity (Wildman–Crippen MR) is 63.5 cm³/mol. The second-order valence-electron chi connectivity index (χ2n) is 4.53. The lowest BCUT2D eigenvalue weighted by Crippen LogP contribution is -2.11. The molecule has 1 saturated carbocycles. The summed E-state index contributed by atoms with van der Waals surface area (Å²) < 4.78 is 0. The van der Waals surface area contributed by atoms with E-state index in [0.29, 0.717) is 5.92 Å². The smallest absolute Gasteiger partial charge is 0.225 e. The van der Waals surface area contributed by atoms with Crippen LogP contribution < -0.4 is 11.5 Å². The molecule has 0 bridgehead atoms. The van der Waals surface area contributed by atoms with E-state index < -0.39 is 0 Å². The van der Waals surface area contributed by atoms with Crippen LogP contribution in [-0.2, 0) is 6.42 Å². The summed E-state index contributed by atoms with van der Waals surface area (Å²) in [4.78, 5) is 12.0. The lowest BCUT2D eigenvalue weighted by atomic mass is 9.96. The van der Waals surface area contributed by atoms with E-state index in [-0.39, 0.29) is 11.9 Å². The fourth-order valence-corrected chi connectivity index (χ4v) is 2.37. The zero-order valence-corrected chi connectivity index (χ0v) is 9.52.